The molecule has 2 aromatic heterocycles. The summed E-state index contributed by atoms with van der Waals surface area (Å²) >= 11 is 6.03. The standard InChI is InChI=1S/C17H16ClN3O/c1-11(13-6-4-3-5-7-13)20-17(22)16-12(2)19-15-9-8-14(18)10-21(15)16/h3-11H,1-2H3,(H,20,22). The molecule has 0 radical (unpaired) electrons. The molecule has 1 atom stereocenters. The first kappa shape index (κ1) is 14.6. The highest BCUT2D eigenvalue weighted by Gasteiger charge is 2.18. The Labute approximate surface area is 133 Å². The highest BCUT2D eigenvalue weighted by molar-refractivity contribution is 6.30. The molecule has 1 amide bonds. The van der Waals surface area contributed by atoms with Crippen molar-refractivity contribution in [2.75, 3.05) is 0 Å². The normalized spacial score (nSPS) is 12.3. The summed E-state index contributed by atoms with van der Waals surface area (Å²) in [6.45, 7) is 3.78. The molecule has 0 fully saturated rings. The van der Waals surface area contributed by atoms with Crippen LogP contribution in [0.5, 0.6) is 0 Å². The molecule has 1 aromatic carbocycles. The second kappa shape index (κ2) is 5.81. The lowest BCUT2D eigenvalue weighted by molar-refractivity contribution is 0.0933. The molecule has 22 heavy (non-hydrogen) atoms. The predicted molar refractivity (Wildman–Crippen MR) is 87.3 cm³/mol. The number of aryl methyl sites for hydroxylation is 1. The third-order valence-electron chi connectivity index (χ3n) is 3.62. The summed E-state index contributed by atoms with van der Waals surface area (Å²) in [5.41, 5.74) is 2.96. The Hall–Kier alpha value is -2.33. The fourth-order valence-electron chi connectivity index (χ4n) is 2.50. The summed E-state index contributed by atoms with van der Waals surface area (Å²) in [4.78, 5) is 17.0. The van der Waals surface area contributed by atoms with Crippen LogP contribution in [-0.4, -0.2) is 15.3 Å². The van der Waals surface area contributed by atoms with E-state index >= 15 is 0 Å². The quantitative estimate of drug-likeness (QED) is 0.799. The van der Waals surface area contributed by atoms with Gasteiger partial charge in [-0.15, -0.1) is 0 Å². The average Bonchev–Trinajstić information content (AvgIpc) is 2.83. The van der Waals surface area contributed by atoms with Gasteiger partial charge in [0, 0.05) is 6.20 Å². The average molecular weight is 314 g/mol. The molecule has 0 aliphatic heterocycles. The van der Waals surface area contributed by atoms with E-state index in [1.165, 1.54) is 0 Å². The zero-order valence-electron chi connectivity index (χ0n) is 12.4. The molecule has 3 rings (SSSR count). The Kier molecular flexibility index (Phi) is 3.86. The summed E-state index contributed by atoms with van der Waals surface area (Å²) in [7, 11) is 0. The van der Waals surface area contributed by atoms with E-state index in [1.54, 1.807) is 22.7 Å². The van der Waals surface area contributed by atoms with Gasteiger partial charge in [0.05, 0.1) is 16.8 Å². The first-order chi connectivity index (χ1) is 10.6. The van der Waals surface area contributed by atoms with E-state index in [4.69, 9.17) is 11.6 Å². The number of hydrogen-bond acceptors (Lipinski definition) is 2. The van der Waals surface area contributed by atoms with Gasteiger partial charge in [-0.1, -0.05) is 41.9 Å². The number of nitrogens with one attached hydrogen (secondary N) is 1. The van der Waals surface area contributed by atoms with Gasteiger partial charge < -0.3 is 5.32 Å². The van der Waals surface area contributed by atoms with E-state index in [2.05, 4.69) is 10.3 Å². The van der Waals surface area contributed by atoms with Gasteiger partial charge in [-0.3, -0.25) is 9.20 Å². The maximum absolute atomic E-state index is 12.6. The zero-order valence-corrected chi connectivity index (χ0v) is 13.1. The lowest BCUT2D eigenvalue weighted by Gasteiger charge is -2.14. The molecular weight excluding hydrogens is 298 g/mol. The van der Waals surface area contributed by atoms with Crippen LogP contribution in [0.3, 0.4) is 0 Å². The largest absolute Gasteiger partial charge is 0.344 e. The number of rotatable bonds is 3. The van der Waals surface area contributed by atoms with E-state index < -0.39 is 0 Å². The maximum atomic E-state index is 12.6. The maximum Gasteiger partial charge on any atom is 0.270 e. The number of pyridine rings is 1. The Morgan fingerprint density at radius 1 is 1.23 bits per heavy atom. The van der Waals surface area contributed by atoms with Crippen LogP contribution >= 0.6 is 11.6 Å². The van der Waals surface area contributed by atoms with E-state index in [1.807, 2.05) is 44.2 Å². The number of fused-ring (bicyclic) bond motifs is 1. The van der Waals surface area contributed by atoms with Crippen LogP contribution < -0.4 is 5.32 Å². The SMILES string of the molecule is Cc1nc2ccc(Cl)cn2c1C(=O)NC(C)c1ccccc1. The third-order valence-corrected chi connectivity index (χ3v) is 3.84. The molecule has 5 heteroatoms. The van der Waals surface area contributed by atoms with Crippen LogP contribution in [0.2, 0.25) is 5.02 Å². The highest BCUT2D eigenvalue weighted by atomic mass is 35.5. The molecule has 0 aliphatic rings. The Morgan fingerprint density at radius 3 is 2.68 bits per heavy atom. The summed E-state index contributed by atoms with van der Waals surface area (Å²) in [6, 6.07) is 13.3. The molecule has 4 nitrogen and oxygen atoms in total. The fourth-order valence-corrected chi connectivity index (χ4v) is 2.66. The van der Waals surface area contributed by atoms with E-state index in [0.29, 0.717) is 22.1 Å². The van der Waals surface area contributed by atoms with E-state index in [9.17, 15) is 4.79 Å². The minimum Gasteiger partial charge on any atom is -0.344 e. The van der Waals surface area contributed by atoms with Crippen molar-refractivity contribution < 1.29 is 4.79 Å². The van der Waals surface area contributed by atoms with Crippen molar-refractivity contribution in [2.45, 2.75) is 19.9 Å². The Morgan fingerprint density at radius 2 is 1.95 bits per heavy atom. The molecule has 0 saturated carbocycles. The smallest absolute Gasteiger partial charge is 0.270 e. The first-order valence-corrected chi connectivity index (χ1v) is 7.44. The molecule has 1 unspecified atom stereocenters. The van der Waals surface area contributed by atoms with Crippen LogP contribution in [0.15, 0.2) is 48.7 Å². The number of carbonyl (C=O) groups excluding carboxylic acids is 1. The number of hydrogen-bond donors (Lipinski definition) is 1. The summed E-state index contributed by atoms with van der Waals surface area (Å²) in [5.74, 6) is -0.163. The molecule has 0 spiro atoms. The summed E-state index contributed by atoms with van der Waals surface area (Å²) < 4.78 is 1.73. The van der Waals surface area contributed by atoms with Crippen LogP contribution in [0.1, 0.15) is 34.7 Å². The van der Waals surface area contributed by atoms with Gasteiger partial charge in [-0.2, -0.15) is 0 Å². The van der Waals surface area contributed by atoms with Crippen molar-refractivity contribution in [1.82, 2.24) is 14.7 Å². The van der Waals surface area contributed by atoms with Gasteiger partial charge in [0.2, 0.25) is 0 Å². The molecule has 112 valence electrons. The molecule has 0 bridgehead atoms. The highest BCUT2D eigenvalue weighted by Crippen LogP contribution is 2.18. The Balaban J connectivity index is 1.92. The van der Waals surface area contributed by atoms with Crippen LogP contribution in [0.4, 0.5) is 0 Å². The Bertz CT molecular complexity index is 827. The van der Waals surface area contributed by atoms with E-state index in [0.717, 1.165) is 5.56 Å². The molecule has 3 aromatic rings. The van der Waals surface area contributed by atoms with Crippen molar-refractivity contribution in [3.63, 3.8) is 0 Å². The molecular formula is C17H16ClN3O. The van der Waals surface area contributed by atoms with E-state index in [-0.39, 0.29) is 11.9 Å². The lowest BCUT2D eigenvalue weighted by atomic mass is 10.1. The number of nitrogens with zero attached hydrogens (tertiary/aromatic N) is 2. The second-order valence-corrected chi connectivity index (χ2v) is 5.66. The van der Waals surface area contributed by atoms with Gasteiger partial charge >= 0.3 is 0 Å². The van der Waals surface area contributed by atoms with Gasteiger partial charge in [-0.05, 0) is 31.5 Å². The van der Waals surface area contributed by atoms with Gasteiger partial charge in [0.15, 0.2) is 0 Å². The molecule has 0 saturated heterocycles. The molecule has 1 N–H and O–H groups in total. The number of aromatic nitrogens is 2. The second-order valence-electron chi connectivity index (χ2n) is 5.23. The number of benzene rings is 1. The minimum atomic E-state index is -0.163. The number of halogens is 1. The van der Waals surface area contributed by atoms with Gasteiger partial charge in [0.25, 0.3) is 5.91 Å². The van der Waals surface area contributed by atoms with Crippen LogP contribution in [-0.2, 0) is 0 Å². The van der Waals surface area contributed by atoms with Gasteiger partial charge in [0.1, 0.15) is 11.3 Å². The van der Waals surface area contributed by atoms with Gasteiger partial charge in [-0.25, -0.2) is 4.98 Å². The predicted octanol–water partition coefficient (Wildman–Crippen LogP) is 3.79. The summed E-state index contributed by atoms with van der Waals surface area (Å²) in [5, 5.41) is 3.57. The van der Waals surface area contributed by atoms with Crippen molar-refractivity contribution >= 4 is 23.2 Å². The first-order valence-electron chi connectivity index (χ1n) is 7.06. The number of imidazole rings is 1. The van der Waals surface area contributed by atoms with Crippen molar-refractivity contribution in [3.8, 4) is 0 Å². The monoisotopic (exact) mass is 313 g/mol. The van der Waals surface area contributed by atoms with Crippen LogP contribution in [0, 0.1) is 6.92 Å². The van der Waals surface area contributed by atoms with Crippen molar-refractivity contribution in [1.29, 1.82) is 0 Å². The van der Waals surface area contributed by atoms with Crippen LogP contribution in [0.25, 0.3) is 5.65 Å². The van der Waals surface area contributed by atoms with Crippen molar-refractivity contribution in [3.05, 3.63) is 70.6 Å². The molecule has 0 aliphatic carbocycles. The number of carbonyl (C=O) groups is 1. The molecule has 2 heterocycles. The topological polar surface area (TPSA) is 46.4 Å². The van der Waals surface area contributed by atoms with Crippen molar-refractivity contribution in [2.24, 2.45) is 0 Å². The lowest BCUT2D eigenvalue weighted by Crippen LogP contribution is -2.28. The number of amides is 1. The summed E-state index contributed by atoms with van der Waals surface area (Å²) in [6.07, 6.45) is 1.71. The third kappa shape index (κ3) is 2.70. The fraction of sp³-hybridized carbons (Fsp3) is 0.176. The minimum absolute atomic E-state index is 0.0853. The zero-order chi connectivity index (χ0) is 15.7.